The highest BCUT2D eigenvalue weighted by atomic mass is 19.4. The predicted molar refractivity (Wildman–Crippen MR) is 58.8 cm³/mol. The Bertz CT molecular complexity index is 237. The molecular weight excluding hydrogens is 276 g/mol. The average molecular weight is 295 g/mol. The second kappa shape index (κ2) is 7.33. The summed E-state index contributed by atoms with van der Waals surface area (Å²) in [7, 11) is 0. The second-order valence-electron chi connectivity index (χ2n) is 4.66. The normalized spacial score (nSPS) is 15.3. The Labute approximate surface area is 108 Å². The molecule has 0 aliphatic rings. The summed E-state index contributed by atoms with van der Waals surface area (Å²) in [5.41, 5.74) is 0. The molecule has 2 nitrogen and oxygen atoms in total. The van der Waals surface area contributed by atoms with Crippen LogP contribution in [0.4, 0.5) is 26.3 Å². The third-order valence-corrected chi connectivity index (χ3v) is 2.30. The van der Waals surface area contributed by atoms with Gasteiger partial charge >= 0.3 is 12.4 Å². The molecule has 0 radical (unpaired) electrons. The lowest BCUT2D eigenvalue weighted by Crippen LogP contribution is -2.46. The molecule has 0 rings (SSSR count). The van der Waals surface area contributed by atoms with Crippen LogP contribution in [-0.2, 0) is 4.74 Å². The van der Waals surface area contributed by atoms with E-state index in [0.29, 0.717) is 13.0 Å². The molecule has 0 bridgehead atoms. The maximum absolute atomic E-state index is 12.2. The number of hydrogen-bond acceptors (Lipinski definition) is 2. The number of ether oxygens (including phenoxy) is 1. The van der Waals surface area contributed by atoms with Gasteiger partial charge in [-0.05, 0) is 26.3 Å². The van der Waals surface area contributed by atoms with Crippen molar-refractivity contribution < 1.29 is 31.1 Å². The number of nitrogens with one attached hydrogen (secondary N) is 1. The van der Waals surface area contributed by atoms with E-state index in [1.807, 2.05) is 13.8 Å². The SMILES string of the molecule is CC(C)NCCCC(C)OC(C(F)(F)F)C(F)(F)F. The van der Waals surface area contributed by atoms with E-state index in [1.165, 1.54) is 6.92 Å². The summed E-state index contributed by atoms with van der Waals surface area (Å²) in [6.45, 7) is 5.51. The van der Waals surface area contributed by atoms with Crippen LogP contribution in [0.2, 0.25) is 0 Å². The van der Waals surface area contributed by atoms with Crippen molar-refractivity contribution in [2.45, 2.75) is 64.2 Å². The van der Waals surface area contributed by atoms with E-state index >= 15 is 0 Å². The summed E-state index contributed by atoms with van der Waals surface area (Å²) in [6.07, 6.45) is -15.1. The zero-order valence-corrected chi connectivity index (χ0v) is 11.0. The highest BCUT2D eigenvalue weighted by Gasteiger charge is 2.58. The number of halogens is 6. The van der Waals surface area contributed by atoms with Gasteiger partial charge in [-0.1, -0.05) is 13.8 Å². The van der Waals surface area contributed by atoms with Crippen LogP contribution in [0.25, 0.3) is 0 Å². The minimum absolute atomic E-state index is 0.127. The third-order valence-electron chi connectivity index (χ3n) is 2.30. The van der Waals surface area contributed by atoms with E-state index in [-0.39, 0.29) is 12.5 Å². The maximum Gasteiger partial charge on any atom is 0.423 e. The predicted octanol–water partition coefficient (Wildman–Crippen LogP) is 3.66. The Morgan fingerprint density at radius 1 is 0.947 bits per heavy atom. The van der Waals surface area contributed by atoms with Crippen LogP contribution in [0, 0.1) is 0 Å². The van der Waals surface area contributed by atoms with Crippen LogP contribution in [0.1, 0.15) is 33.6 Å². The molecule has 1 unspecified atom stereocenters. The van der Waals surface area contributed by atoms with E-state index in [4.69, 9.17) is 0 Å². The Balaban J connectivity index is 4.23. The highest BCUT2D eigenvalue weighted by Crippen LogP contribution is 2.36. The Morgan fingerprint density at radius 3 is 1.79 bits per heavy atom. The largest absolute Gasteiger partial charge is 0.423 e. The summed E-state index contributed by atoms with van der Waals surface area (Å²) in [5, 5.41) is 3.01. The molecule has 0 aliphatic carbocycles. The smallest absolute Gasteiger partial charge is 0.358 e. The Kier molecular flexibility index (Phi) is 7.13. The molecule has 1 atom stereocenters. The average Bonchev–Trinajstić information content (AvgIpc) is 2.17. The molecule has 0 saturated carbocycles. The topological polar surface area (TPSA) is 21.3 Å². The maximum atomic E-state index is 12.2. The quantitative estimate of drug-likeness (QED) is 0.571. The van der Waals surface area contributed by atoms with Crippen LogP contribution >= 0.6 is 0 Å². The van der Waals surface area contributed by atoms with Gasteiger partial charge in [0.05, 0.1) is 6.10 Å². The van der Waals surface area contributed by atoms with Crippen LogP contribution in [0.5, 0.6) is 0 Å². The van der Waals surface area contributed by atoms with Gasteiger partial charge < -0.3 is 10.1 Å². The molecule has 0 spiro atoms. The second-order valence-corrected chi connectivity index (χ2v) is 4.66. The standard InChI is InChI=1S/C11H19F6NO/c1-7(2)18-6-4-5-8(3)19-9(10(12,13)14)11(15,16)17/h7-9,18H,4-6H2,1-3H3. The highest BCUT2D eigenvalue weighted by molar-refractivity contribution is 4.77. The molecule has 0 fully saturated rings. The minimum Gasteiger partial charge on any atom is -0.358 e. The van der Waals surface area contributed by atoms with Crippen molar-refractivity contribution in [2.75, 3.05) is 6.54 Å². The van der Waals surface area contributed by atoms with Gasteiger partial charge in [-0.25, -0.2) is 0 Å². The molecule has 0 aromatic rings. The summed E-state index contributed by atoms with van der Waals surface area (Å²) in [5.74, 6) is 0. The third kappa shape index (κ3) is 8.30. The monoisotopic (exact) mass is 295 g/mol. The van der Waals surface area contributed by atoms with Gasteiger partial charge in [0.25, 0.3) is 0 Å². The zero-order valence-electron chi connectivity index (χ0n) is 11.0. The van der Waals surface area contributed by atoms with Crippen molar-refractivity contribution in [1.29, 1.82) is 0 Å². The van der Waals surface area contributed by atoms with Crippen molar-refractivity contribution in [3.05, 3.63) is 0 Å². The van der Waals surface area contributed by atoms with Gasteiger partial charge in [0.15, 0.2) is 0 Å². The summed E-state index contributed by atoms with van der Waals surface area (Å²) in [4.78, 5) is 0. The Hall–Kier alpha value is -0.500. The van der Waals surface area contributed by atoms with Gasteiger partial charge in [-0.15, -0.1) is 0 Å². The van der Waals surface area contributed by atoms with E-state index in [9.17, 15) is 26.3 Å². The minimum atomic E-state index is -5.44. The van der Waals surface area contributed by atoms with Gasteiger partial charge in [-0.2, -0.15) is 26.3 Å². The summed E-state index contributed by atoms with van der Waals surface area (Å²) in [6, 6.07) is 0.217. The fourth-order valence-electron chi connectivity index (χ4n) is 1.42. The number of rotatable bonds is 7. The van der Waals surface area contributed by atoms with Gasteiger partial charge in [0, 0.05) is 6.04 Å². The van der Waals surface area contributed by atoms with Crippen molar-refractivity contribution in [1.82, 2.24) is 5.32 Å². The lowest BCUT2D eigenvalue weighted by Gasteiger charge is -2.26. The molecule has 0 saturated heterocycles. The molecule has 0 heterocycles. The van der Waals surface area contributed by atoms with Crippen LogP contribution in [0.15, 0.2) is 0 Å². The summed E-state index contributed by atoms with van der Waals surface area (Å²) >= 11 is 0. The number of alkyl halides is 6. The molecule has 1 N–H and O–H groups in total. The lowest BCUT2D eigenvalue weighted by molar-refractivity contribution is -0.330. The molecule has 0 amide bonds. The molecule has 0 aliphatic heterocycles. The first-order chi connectivity index (χ1) is 8.44. The van der Waals surface area contributed by atoms with E-state index in [0.717, 1.165) is 0 Å². The van der Waals surface area contributed by atoms with Gasteiger partial charge in [0.2, 0.25) is 6.10 Å². The Morgan fingerprint density at radius 2 is 1.42 bits per heavy atom. The first-order valence-electron chi connectivity index (χ1n) is 5.97. The molecule has 8 heteroatoms. The van der Waals surface area contributed by atoms with Crippen LogP contribution < -0.4 is 5.32 Å². The van der Waals surface area contributed by atoms with E-state index in [2.05, 4.69) is 10.1 Å². The summed E-state index contributed by atoms with van der Waals surface area (Å²) < 4.78 is 77.4. The first-order valence-corrected chi connectivity index (χ1v) is 5.97. The van der Waals surface area contributed by atoms with E-state index < -0.39 is 24.6 Å². The van der Waals surface area contributed by atoms with Crippen molar-refractivity contribution in [3.8, 4) is 0 Å². The van der Waals surface area contributed by atoms with Crippen molar-refractivity contribution >= 4 is 0 Å². The van der Waals surface area contributed by atoms with Gasteiger partial charge in [0.1, 0.15) is 0 Å². The zero-order chi connectivity index (χ0) is 15.3. The molecular formula is C11H19F6NO. The lowest BCUT2D eigenvalue weighted by atomic mass is 10.2. The molecule has 19 heavy (non-hydrogen) atoms. The number of hydrogen-bond donors (Lipinski definition) is 1. The van der Waals surface area contributed by atoms with Gasteiger partial charge in [-0.3, -0.25) is 0 Å². The van der Waals surface area contributed by atoms with Crippen LogP contribution in [0.3, 0.4) is 0 Å². The van der Waals surface area contributed by atoms with Crippen LogP contribution in [-0.4, -0.2) is 37.1 Å². The van der Waals surface area contributed by atoms with Crippen molar-refractivity contribution in [2.24, 2.45) is 0 Å². The first kappa shape index (κ1) is 18.5. The fraction of sp³-hybridized carbons (Fsp3) is 1.00. The van der Waals surface area contributed by atoms with Crippen molar-refractivity contribution in [3.63, 3.8) is 0 Å². The van der Waals surface area contributed by atoms with E-state index in [1.54, 1.807) is 0 Å². The molecule has 0 aromatic heterocycles. The molecule has 116 valence electrons. The fourth-order valence-corrected chi connectivity index (χ4v) is 1.42. The molecule has 0 aromatic carbocycles.